The molecule has 6 aromatic carbocycles. The molecule has 0 bridgehead atoms. The second-order valence-electron chi connectivity index (χ2n) is 27.9. The first-order valence-corrected chi connectivity index (χ1v) is 35.5. The van der Waals surface area contributed by atoms with Crippen LogP contribution in [0.5, 0.6) is 0 Å². The minimum Gasteiger partial charge on any atom is -0.379 e. The van der Waals surface area contributed by atoms with Gasteiger partial charge in [0.05, 0.1) is 13.2 Å². The molecule has 0 saturated carbocycles. The molecule has 0 radical (unpaired) electrons. The van der Waals surface area contributed by atoms with E-state index in [9.17, 15) is 0 Å². The number of piperidine rings is 5. The van der Waals surface area contributed by atoms with Crippen LogP contribution in [0.3, 0.4) is 0 Å². The summed E-state index contributed by atoms with van der Waals surface area (Å²) in [5, 5.41) is 0. The van der Waals surface area contributed by atoms with Crippen molar-refractivity contribution in [3.8, 4) is 0 Å². The fraction of sp³-hybridized carbons (Fsp3) is 0.591. The van der Waals surface area contributed by atoms with E-state index in [1.165, 1.54) is 209 Å². The summed E-state index contributed by atoms with van der Waals surface area (Å²) in [6, 6.07) is 55.1. The molecule has 6 aromatic rings. The lowest BCUT2D eigenvalue weighted by Crippen LogP contribution is -2.38. The molecule has 0 amide bonds. The number of aryl methyl sites for hydroxylation is 6. The molecular weight excluding hydrogens is 1160 g/mol. The van der Waals surface area contributed by atoms with Crippen LogP contribution in [-0.4, -0.2) is 120 Å². The van der Waals surface area contributed by atoms with E-state index in [1.54, 1.807) is 0 Å². The van der Waals surface area contributed by atoms with E-state index >= 15 is 0 Å². The molecule has 95 heavy (non-hydrogen) atoms. The molecule has 0 aromatic heterocycles. The van der Waals surface area contributed by atoms with Crippen LogP contribution < -0.4 is 0 Å². The van der Waals surface area contributed by atoms with E-state index in [-0.39, 0.29) is 44.6 Å². The lowest BCUT2D eigenvalue weighted by molar-refractivity contribution is 0.0342. The van der Waals surface area contributed by atoms with Crippen molar-refractivity contribution in [2.75, 3.05) is 78.7 Å². The molecule has 0 spiro atoms. The van der Waals surface area contributed by atoms with Gasteiger partial charge in [0.15, 0.2) is 0 Å². The summed E-state index contributed by atoms with van der Waals surface area (Å²) in [4.78, 5) is 15.4. The summed E-state index contributed by atoms with van der Waals surface area (Å²) in [5.74, 6) is 1.81. The first-order valence-electron chi connectivity index (χ1n) is 35.5. The van der Waals surface area contributed by atoms with Crippen LogP contribution >= 0.6 is 0 Å². The lowest BCUT2D eigenvalue weighted by Gasteiger charge is -2.35. The summed E-state index contributed by atoms with van der Waals surface area (Å²) in [6.45, 7) is 43.1. The predicted octanol–water partition coefficient (Wildman–Crippen LogP) is 22.2. The quantitative estimate of drug-likeness (QED) is 0.114. The van der Waals surface area contributed by atoms with E-state index in [2.05, 4.69) is 244 Å². The van der Waals surface area contributed by atoms with E-state index < -0.39 is 0 Å². The van der Waals surface area contributed by atoms with Crippen molar-refractivity contribution in [2.45, 2.75) is 255 Å². The Bertz CT molecular complexity index is 2700. The molecule has 3 atom stereocenters. The zero-order valence-electron chi connectivity index (χ0n) is 57.9. The molecule has 3 unspecified atom stereocenters. The van der Waals surface area contributed by atoms with E-state index in [1.807, 2.05) is 0 Å². The molecule has 6 aliphatic heterocycles. The molecule has 6 aliphatic rings. The zero-order valence-corrected chi connectivity index (χ0v) is 57.9. The minimum absolute atomic E-state index is 0. The van der Waals surface area contributed by atoms with E-state index in [0.717, 1.165) is 89.5 Å². The molecule has 7 nitrogen and oxygen atoms in total. The molecule has 6 saturated heterocycles. The number of likely N-dealkylation sites (tertiary alicyclic amines) is 5. The molecule has 0 aliphatic carbocycles. The minimum atomic E-state index is 0. The topological polar surface area (TPSA) is 28.7 Å². The third-order valence-electron chi connectivity index (χ3n) is 19.5. The Balaban J connectivity index is 0.000000563. The SMILES string of the molecule is C.C.C.C.C.C.CCC1CCCCN1Cc1ccc(C)cc1.Cc1ccc(CN2CCC(C)CC2)cc1.Cc1ccc(CN2CCCC(C)C2)cc1.Cc1ccc(CN2CCCCC2)cc1.Cc1ccc(CN2CCCCC2C)cc1.Cc1ccc(CN2CCOCC2)cc1. The fourth-order valence-corrected chi connectivity index (χ4v) is 13.3. The normalized spacial score (nSPS) is 19.5. The highest BCUT2D eigenvalue weighted by atomic mass is 16.5. The zero-order chi connectivity index (χ0) is 63.0. The predicted molar refractivity (Wildman–Crippen MR) is 422 cm³/mol. The number of hydrogen-bond donors (Lipinski definition) is 0. The van der Waals surface area contributed by atoms with Crippen LogP contribution in [0, 0.1) is 53.4 Å². The largest absolute Gasteiger partial charge is 0.379 e. The van der Waals surface area contributed by atoms with Gasteiger partial charge in [-0.05, 0) is 210 Å². The van der Waals surface area contributed by atoms with Gasteiger partial charge >= 0.3 is 0 Å². The van der Waals surface area contributed by atoms with Crippen molar-refractivity contribution in [2.24, 2.45) is 11.8 Å². The number of hydrogen-bond acceptors (Lipinski definition) is 7. The van der Waals surface area contributed by atoms with Crippen molar-refractivity contribution in [3.63, 3.8) is 0 Å². The van der Waals surface area contributed by atoms with Crippen LogP contribution in [0.15, 0.2) is 146 Å². The molecular formula is C88H146N6O. The van der Waals surface area contributed by atoms with Crippen LogP contribution in [0.25, 0.3) is 0 Å². The monoisotopic (exact) mass is 1300 g/mol. The van der Waals surface area contributed by atoms with Gasteiger partial charge in [0.25, 0.3) is 0 Å². The Kier molecular flexibility index (Phi) is 45.9. The number of nitrogens with zero attached hydrogens (tertiary/aromatic N) is 6. The molecule has 6 fully saturated rings. The van der Waals surface area contributed by atoms with Crippen LogP contribution in [-0.2, 0) is 44.0 Å². The second kappa shape index (κ2) is 49.5. The third-order valence-corrected chi connectivity index (χ3v) is 19.5. The summed E-state index contributed by atoms with van der Waals surface area (Å²) >= 11 is 0. The summed E-state index contributed by atoms with van der Waals surface area (Å²) in [6.07, 6.45) is 19.3. The number of morpholine rings is 1. The Morgan fingerprint density at radius 3 is 0.989 bits per heavy atom. The first-order chi connectivity index (χ1) is 43.2. The first kappa shape index (κ1) is 88.1. The van der Waals surface area contributed by atoms with E-state index in [0.29, 0.717) is 0 Å². The average molecular weight is 1300 g/mol. The van der Waals surface area contributed by atoms with Crippen molar-refractivity contribution in [3.05, 3.63) is 212 Å². The molecule has 12 rings (SSSR count). The summed E-state index contributed by atoms with van der Waals surface area (Å²) < 4.78 is 5.31. The van der Waals surface area contributed by atoms with Gasteiger partial charge in [-0.15, -0.1) is 0 Å². The number of ether oxygens (including phenoxy) is 1. The summed E-state index contributed by atoms with van der Waals surface area (Å²) in [5.41, 5.74) is 16.8. The van der Waals surface area contributed by atoms with Gasteiger partial charge in [-0.25, -0.2) is 0 Å². The highest BCUT2D eigenvalue weighted by Gasteiger charge is 2.22. The van der Waals surface area contributed by atoms with Gasteiger partial charge in [0.1, 0.15) is 0 Å². The van der Waals surface area contributed by atoms with Crippen molar-refractivity contribution in [1.29, 1.82) is 0 Å². The van der Waals surface area contributed by atoms with Crippen molar-refractivity contribution >= 4 is 0 Å². The fourth-order valence-electron chi connectivity index (χ4n) is 13.3. The van der Waals surface area contributed by atoms with Gasteiger partial charge in [0.2, 0.25) is 0 Å². The molecule has 7 heteroatoms. The van der Waals surface area contributed by atoms with E-state index in [4.69, 9.17) is 4.74 Å². The molecule has 6 heterocycles. The van der Waals surface area contributed by atoms with Crippen molar-refractivity contribution < 1.29 is 4.74 Å². The van der Waals surface area contributed by atoms with Crippen molar-refractivity contribution in [1.82, 2.24) is 29.4 Å². The highest BCUT2D eigenvalue weighted by Crippen LogP contribution is 2.24. The molecule has 0 N–H and O–H groups in total. The Morgan fingerprint density at radius 1 is 0.295 bits per heavy atom. The Morgan fingerprint density at radius 2 is 0.611 bits per heavy atom. The Labute approximate surface area is 588 Å². The maximum absolute atomic E-state index is 5.31. The van der Waals surface area contributed by atoms with Crippen LogP contribution in [0.1, 0.15) is 229 Å². The average Bonchev–Trinajstić information content (AvgIpc) is 1.15. The van der Waals surface area contributed by atoms with Gasteiger partial charge in [-0.1, -0.05) is 264 Å². The van der Waals surface area contributed by atoms with Crippen LogP contribution in [0.2, 0.25) is 0 Å². The molecule has 534 valence electrons. The van der Waals surface area contributed by atoms with Crippen LogP contribution in [0.4, 0.5) is 0 Å². The smallest absolute Gasteiger partial charge is 0.0594 e. The maximum atomic E-state index is 5.31. The third kappa shape index (κ3) is 34.9. The van der Waals surface area contributed by atoms with Gasteiger partial charge in [-0.2, -0.15) is 0 Å². The van der Waals surface area contributed by atoms with Gasteiger partial charge in [0, 0.05) is 71.0 Å². The van der Waals surface area contributed by atoms with Gasteiger partial charge in [-0.3, -0.25) is 29.4 Å². The number of rotatable bonds is 13. The summed E-state index contributed by atoms with van der Waals surface area (Å²) in [7, 11) is 0. The Hall–Kier alpha value is -4.96. The maximum Gasteiger partial charge on any atom is 0.0594 e. The standard InChI is InChI=1S/C15H23N.3C14H21N.C13H19N.C12H17NO.6CH4/c1-3-15-6-4-5-11-16(15)12-14-9-7-13(2)8-10-14;1-12-3-5-14(6-4-12)11-15-9-7-13(2)8-10-15;1-12-5-7-14(8-6-12)11-15-9-3-4-13(2)10-15;1-12-6-8-14(9-7-12)11-15-10-4-3-5-13(15)2;1-12-5-7-13(8-6-12)11-14-9-3-2-4-10-14;1-11-2-4-12(5-3-11)10-13-6-8-14-9-7-13;;;;;;/h7-10,15H,3-6,11-12H2,1-2H3;3-6,13H,7-11H2,1-2H3;5-8,13H,3-4,9-11H2,1-2H3;6-9,13H,3-5,10-11H2,1-2H3;5-8H,2-4,9-11H2,1H3;2-5H,6-10H2,1H3;6*1H4. The highest BCUT2D eigenvalue weighted by molar-refractivity contribution is 5.25. The second-order valence-corrected chi connectivity index (χ2v) is 27.9. The number of benzene rings is 6. The lowest BCUT2D eigenvalue weighted by atomic mass is 9.99. The van der Waals surface area contributed by atoms with Gasteiger partial charge < -0.3 is 4.74 Å².